The van der Waals surface area contributed by atoms with Crippen LogP contribution in [0.5, 0.6) is 0 Å². The van der Waals surface area contributed by atoms with Crippen LogP contribution in [0.25, 0.3) is 0 Å². The maximum Gasteiger partial charge on any atom is 0.396 e. The summed E-state index contributed by atoms with van der Waals surface area (Å²) in [5.74, 6) is 1.13. The van der Waals surface area contributed by atoms with Crippen LogP contribution < -0.4 is 0 Å². The summed E-state index contributed by atoms with van der Waals surface area (Å²) in [6, 6.07) is -0.375. The Hall–Kier alpha value is -2.36. The second-order valence-corrected chi connectivity index (χ2v) is 5.90. The van der Waals surface area contributed by atoms with Crippen LogP contribution in [0, 0.1) is 10.1 Å². The molecule has 23 heavy (non-hydrogen) atoms. The summed E-state index contributed by atoms with van der Waals surface area (Å²) in [6.45, 7) is 4.63. The molecular weight excluding hydrogens is 318 g/mol. The largest absolute Gasteiger partial charge is 0.396 e. The van der Waals surface area contributed by atoms with E-state index in [2.05, 4.69) is 25.0 Å². The first-order chi connectivity index (χ1) is 11.2. The van der Waals surface area contributed by atoms with E-state index in [0.717, 1.165) is 6.42 Å². The van der Waals surface area contributed by atoms with Crippen LogP contribution in [0.3, 0.4) is 0 Å². The third kappa shape index (κ3) is 2.81. The molecule has 1 unspecified atom stereocenters. The minimum absolute atomic E-state index is 0.133. The third-order valence-electron chi connectivity index (χ3n) is 3.38. The van der Waals surface area contributed by atoms with Crippen molar-refractivity contribution < 1.29 is 4.92 Å². The quantitative estimate of drug-likeness (QED) is 0.607. The van der Waals surface area contributed by atoms with E-state index in [-0.39, 0.29) is 11.9 Å². The van der Waals surface area contributed by atoms with Crippen LogP contribution in [0.15, 0.2) is 25.0 Å². The maximum atomic E-state index is 11.4. The second kappa shape index (κ2) is 6.41. The van der Waals surface area contributed by atoms with Gasteiger partial charge in [-0.2, -0.15) is 0 Å². The Balaban J connectivity index is 2.01. The lowest BCUT2D eigenvalue weighted by atomic mass is 10.3. The number of amidine groups is 1. The van der Waals surface area contributed by atoms with Crippen LogP contribution >= 0.6 is 11.8 Å². The van der Waals surface area contributed by atoms with Crippen molar-refractivity contribution in [1.82, 2.24) is 9.55 Å². The monoisotopic (exact) mass is 333 g/mol. The maximum absolute atomic E-state index is 11.4. The Morgan fingerprint density at radius 3 is 2.87 bits per heavy atom. The fourth-order valence-electron chi connectivity index (χ4n) is 2.38. The zero-order chi connectivity index (χ0) is 16.4. The Morgan fingerprint density at radius 1 is 1.35 bits per heavy atom. The molecule has 0 fully saturated rings. The molecule has 9 nitrogen and oxygen atoms in total. The Morgan fingerprint density at radius 2 is 2.17 bits per heavy atom. The van der Waals surface area contributed by atoms with Crippen LogP contribution in [0.4, 0.5) is 5.82 Å². The molecule has 0 N–H and O–H groups in total. The summed E-state index contributed by atoms with van der Waals surface area (Å²) in [7, 11) is 0. The molecule has 1 aromatic heterocycles. The van der Waals surface area contributed by atoms with Crippen molar-refractivity contribution in [2.75, 3.05) is 0 Å². The molecule has 2 aliphatic rings. The molecule has 3 heterocycles. The molecule has 1 atom stereocenters. The number of fused-ring (bicyclic) bond motifs is 1. The molecule has 3 rings (SSSR count). The highest BCUT2D eigenvalue weighted by molar-refractivity contribution is 8.14. The first-order valence-electron chi connectivity index (χ1n) is 7.26. The van der Waals surface area contributed by atoms with E-state index in [9.17, 15) is 10.1 Å². The van der Waals surface area contributed by atoms with Gasteiger partial charge in [-0.05, 0) is 28.1 Å². The minimum atomic E-state index is -0.446. The summed E-state index contributed by atoms with van der Waals surface area (Å²) in [6.07, 6.45) is 4.33. The van der Waals surface area contributed by atoms with Gasteiger partial charge in [-0.25, -0.2) is 15.0 Å². The van der Waals surface area contributed by atoms with Crippen molar-refractivity contribution in [2.24, 2.45) is 20.0 Å². The molecule has 10 heteroatoms. The lowest BCUT2D eigenvalue weighted by Gasteiger charge is -2.14. The zero-order valence-corrected chi connectivity index (χ0v) is 13.5. The molecule has 0 radical (unpaired) electrons. The van der Waals surface area contributed by atoms with E-state index in [1.165, 1.54) is 24.4 Å². The lowest BCUT2D eigenvalue weighted by molar-refractivity contribution is -0.392. The van der Waals surface area contributed by atoms with Gasteiger partial charge in [0, 0.05) is 13.0 Å². The SMILES string of the molecule is CCCn1c(CC)nc([N+](=O)[O-])c1SC1=NC=NC2=NC=NC21. The van der Waals surface area contributed by atoms with Crippen molar-refractivity contribution in [1.29, 1.82) is 0 Å². The second-order valence-electron chi connectivity index (χ2n) is 4.89. The van der Waals surface area contributed by atoms with E-state index in [1.54, 1.807) is 0 Å². The van der Waals surface area contributed by atoms with Gasteiger partial charge in [0.1, 0.15) is 17.7 Å². The number of hydrogen-bond donors (Lipinski definition) is 0. The van der Waals surface area contributed by atoms with Crippen LogP contribution in [-0.2, 0) is 13.0 Å². The van der Waals surface area contributed by atoms with Crippen molar-refractivity contribution in [3.8, 4) is 0 Å². The van der Waals surface area contributed by atoms with Crippen LogP contribution in [-0.4, -0.2) is 44.1 Å². The number of aryl methyl sites for hydroxylation is 1. The van der Waals surface area contributed by atoms with E-state index >= 15 is 0 Å². The van der Waals surface area contributed by atoms with E-state index in [1.807, 2.05) is 18.4 Å². The van der Waals surface area contributed by atoms with Gasteiger partial charge in [-0.1, -0.05) is 13.8 Å². The standard InChI is InChI=1S/C13H15N7O2S/c1-3-5-19-8(4-2)18-11(20(21)22)13(19)23-12-9-10(15-6-14-9)16-7-17-12/h6-7,9H,3-5H2,1-2H3. The summed E-state index contributed by atoms with van der Waals surface area (Å²) >= 11 is 1.22. The summed E-state index contributed by atoms with van der Waals surface area (Å²) in [5.41, 5.74) is 0. The molecule has 1 aromatic rings. The molecule has 0 bridgehead atoms. The number of aliphatic imine (C=N–C) groups is 4. The summed E-state index contributed by atoms with van der Waals surface area (Å²) in [5, 5.41) is 12.5. The Labute approximate surface area is 136 Å². The number of nitrogens with zero attached hydrogens (tertiary/aromatic N) is 7. The third-order valence-corrected chi connectivity index (χ3v) is 4.51. The highest BCUT2D eigenvalue weighted by Crippen LogP contribution is 2.34. The highest BCUT2D eigenvalue weighted by Gasteiger charge is 2.33. The number of imidazole rings is 1. The molecular formula is C13H15N7O2S. The minimum Gasteiger partial charge on any atom is -0.358 e. The smallest absolute Gasteiger partial charge is 0.358 e. The molecule has 0 spiro atoms. The fraction of sp³-hybridized carbons (Fsp3) is 0.462. The Kier molecular flexibility index (Phi) is 4.33. The molecule has 0 amide bonds. The number of rotatable bonds is 5. The van der Waals surface area contributed by atoms with E-state index in [4.69, 9.17) is 0 Å². The van der Waals surface area contributed by atoms with Gasteiger partial charge in [-0.3, -0.25) is 9.56 Å². The van der Waals surface area contributed by atoms with Gasteiger partial charge in [0.05, 0.1) is 0 Å². The van der Waals surface area contributed by atoms with E-state index < -0.39 is 4.92 Å². The van der Waals surface area contributed by atoms with Gasteiger partial charge in [0.15, 0.2) is 16.9 Å². The van der Waals surface area contributed by atoms with Gasteiger partial charge in [0.2, 0.25) is 5.82 Å². The average molecular weight is 333 g/mol. The number of hydrogen-bond acceptors (Lipinski definition) is 8. The highest BCUT2D eigenvalue weighted by atomic mass is 32.2. The van der Waals surface area contributed by atoms with Crippen molar-refractivity contribution in [3.63, 3.8) is 0 Å². The van der Waals surface area contributed by atoms with Gasteiger partial charge in [0.25, 0.3) is 0 Å². The topological polar surface area (TPSA) is 110 Å². The predicted molar refractivity (Wildman–Crippen MR) is 90.0 cm³/mol. The van der Waals surface area contributed by atoms with Crippen molar-refractivity contribution in [3.05, 3.63) is 15.9 Å². The van der Waals surface area contributed by atoms with Crippen molar-refractivity contribution >= 4 is 41.1 Å². The van der Waals surface area contributed by atoms with Crippen molar-refractivity contribution in [2.45, 2.75) is 44.3 Å². The molecule has 0 aromatic carbocycles. The predicted octanol–water partition coefficient (Wildman–Crippen LogP) is 2.11. The molecule has 120 valence electrons. The molecule has 0 saturated heterocycles. The lowest BCUT2D eigenvalue weighted by Crippen LogP contribution is -2.26. The van der Waals surface area contributed by atoms with E-state index in [0.29, 0.717) is 34.7 Å². The molecule has 0 saturated carbocycles. The molecule has 2 aliphatic heterocycles. The van der Waals surface area contributed by atoms with Crippen LogP contribution in [0.1, 0.15) is 26.1 Å². The Bertz CT molecular complexity index is 763. The number of aromatic nitrogens is 2. The van der Waals surface area contributed by atoms with Gasteiger partial charge in [-0.15, -0.1) is 0 Å². The summed E-state index contributed by atoms with van der Waals surface area (Å²) < 4.78 is 1.90. The number of thioether (sulfide) groups is 1. The first-order valence-corrected chi connectivity index (χ1v) is 8.08. The van der Waals surface area contributed by atoms with Gasteiger partial charge < -0.3 is 10.1 Å². The first kappa shape index (κ1) is 15.5. The number of nitro groups is 1. The normalized spacial score (nSPS) is 18.8. The summed E-state index contributed by atoms with van der Waals surface area (Å²) in [4.78, 5) is 31.7. The van der Waals surface area contributed by atoms with Crippen LogP contribution in [0.2, 0.25) is 0 Å². The average Bonchev–Trinajstić information content (AvgIpc) is 3.14. The fourth-order valence-corrected chi connectivity index (χ4v) is 3.48. The molecule has 0 aliphatic carbocycles. The van der Waals surface area contributed by atoms with Gasteiger partial charge >= 0.3 is 5.82 Å². The zero-order valence-electron chi connectivity index (χ0n) is 12.7.